The van der Waals surface area contributed by atoms with Crippen molar-refractivity contribution >= 4 is 22.8 Å². The summed E-state index contributed by atoms with van der Waals surface area (Å²) in [6, 6.07) is -0.553. The lowest BCUT2D eigenvalue weighted by atomic mass is 10.0. The molecule has 0 aromatic carbocycles. The summed E-state index contributed by atoms with van der Waals surface area (Å²) >= 11 is 5.22. The average Bonchev–Trinajstić information content (AvgIpc) is 2.98. The van der Waals surface area contributed by atoms with Crippen LogP contribution in [0.4, 0.5) is 13.2 Å². The van der Waals surface area contributed by atoms with Crippen LogP contribution in [0.15, 0.2) is 6.20 Å². The van der Waals surface area contributed by atoms with Crippen molar-refractivity contribution < 1.29 is 27.5 Å². The smallest absolute Gasteiger partial charge is 0.372 e. The maximum absolute atomic E-state index is 13.2. The molecule has 2 rings (SSSR count). The van der Waals surface area contributed by atoms with Crippen molar-refractivity contribution in [2.75, 3.05) is 26.3 Å². The van der Waals surface area contributed by atoms with Gasteiger partial charge in [-0.05, 0) is 31.4 Å². The molecule has 1 aromatic rings. The standard InChI is InChI=1S/C14H17ClF3N3O3/c1-2-24-8-11(22)20-5-3-9(4-6-20)21-12(14(16,17)18)10(7-19-21)13(15)23/h7,9H,2-6,8H2,1H3. The van der Waals surface area contributed by atoms with E-state index in [1.165, 1.54) is 0 Å². The minimum atomic E-state index is -4.74. The first-order chi connectivity index (χ1) is 11.3. The molecule has 0 atom stereocenters. The molecule has 0 N–H and O–H groups in total. The van der Waals surface area contributed by atoms with Gasteiger partial charge in [0.25, 0.3) is 5.24 Å². The van der Waals surface area contributed by atoms with E-state index in [9.17, 15) is 22.8 Å². The fourth-order valence-electron chi connectivity index (χ4n) is 2.71. The van der Waals surface area contributed by atoms with Crippen molar-refractivity contribution in [3.63, 3.8) is 0 Å². The highest BCUT2D eigenvalue weighted by molar-refractivity contribution is 6.67. The van der Waals surface area contributed by atoms with Gasteiger partial charge in [0, 0.05) is 19.7 Å². The van der Waals surface area contributed by atoms with Crippen LogP contribution in [0.25, 0.3) is 0 Å². The number of hydrogen-bond donors (Lipinski definition) is 0. The third-order valence-corrected chi connectivity index (χ3v) is 4.07. The summed E-state index contributed by atoms with van der Waals surface area (Å²) in [5, 5.41) is 2.51. The number of rotatable bonds is 5. The van der Waals surface area contributed by atoms with Gasteiger partial charge < -0.3 is 9.64 Å². The maximum atomic E-state index is 13.2. The molecule has 2 heterocycles. The molecule has 1 amide bonds. The molecule has 0 bridgehead atoms. The molecular weight excluding hydrogens is 351 g/mol. The van der Waals surface area contributed by atoms with Gasteiger partial charge in [-0.2, -0.15) is 18.3 Å². The summed E-state index contributed by atoms with van der Waals surface area (Å²) in [4.78, 5) is 24.6. The van der Waals surface area contributed by atoms with Gasteiger partial charge in [-0.3, -0.25) is 14.3 Å². The monoisotopic (exact) mass is 367 g/mol. The number of halogens is 4. The summed E-state index contributed by atoms with van der Waals surface area (Å²) in [6.07, 6.45) is -3.29. The van der Waals surface area contributed by atoms with E-state index in [0.29, 0.717) is 32.5 Å². The molecule has 24 heavy (non-hydrogen) atoms. The lowest BCUT2D eigenvalue weighted by Gasteiger charge is -2.33. The van der Waals surface area contributed by atoms with Crippen LogP contribution < -0.4 is 0 Å². The Kier molecular flexibility index (Phi) is 5.87. The fraction of sp³-hybridized carbons (Fsp3) is 0.643. The molecular formula is C14H17ClF3N3O3. The Bertz CT molecular complexity index is 610. The van der Waals surface area contributed by atoms with Crippen LogP contribution in [-0.4, -0.2) is 52.1 Å². The first kappa shape index (κ1) is 18.7. The van der Waals surface area contributed by atoms with Crippen molar-refractivity contribution in [1.29, 1.82) is 0 Å². The molecule has 0 spiro atoms. The molecule has 1 aliphatic heterocycles. The molecule has 1 fully saturated rings. The molecule has 0 saturated carbocycles. The van der Waals surface area contributed by atoms with Gasteiger partial charge in [-0.25, -0.2) is 0 Å². The van der Waals surface area contributed by atoms with Crippen molar-refractivity contribution in [3.05, 3.63) is 17.5 Å². The van der Waals surface area contributed by atoms with Gasteiger partial charge in [0.15, 0.2) is 5.69 Å². The zero-order valence-electron chi connectivity index (χ0n) is 13.0. The zero-order valence-corrected chi connectivity index (χ0v) is 13.7. The van der Waals surface area contributed by atoms with Gasteiger partial charge in [0.2, 0.25) is 5.91 Å². The Hall–Kier alpha value is -1.61. The second-order valence-electron chi connectivity index (χ2n) is 5.37. The first-order valence-electron chi connectivity index (χ1n) is 7.45. The van der Waals surface area contributed by atoms with E-state index in [1.54, 1.807) is 11.8 Å². The normalized spacial score (nSPS) is 16.5. The minimum Gasteiger partial charge on any atom is -0.372 e. The van der Waals surface area contributed by atoms with Crippen LogP contribution >= 0.6 is 11.6 Å². The summed E-state index contributed by atoms with van der Waals surface area (Å²) in [5.41, 5.74) is -1.79. The predicted octanol–water partition coefficient (Wildman–Crippen LogP) is 2.48. The van der Waals surface area contributed by atoms with E-state index in [-0.39, 0.29) is 12.5 Å². The van der Waals surface area contributed by atoms with E-state index >= 15 is 0 Å². The Morgan fingerprint density at radius 2 is 2.00 bits per heavy atom. The third kappa shape index (κ3) is 4.07. The van der Waals surface area contributed by atoms with Crippen LogP contribution in [0.1, 0.15) is 41.9 Å². The van der Waals surface area contributed by atoms with Crippen molar-refractivity contribution in [2.45, 2.75) is 32.0 Å². The SMILES string of the molecule is CCOCC(=O)N1CCC(n2ncc(C(=O)Cl)c2C(F)(F)F)CC1. The number of alkyl halides is 3. The van der Waals surface area contributed by atoms with E-state index in [0.717, 1.165) is 10.9 Å². The molecule has 134 valence electrons. The third-order valence-electron chi connectivity index (χ3n) is 3.87. The van der Waals surface area contributed by atoms with Gasteiger partial charge >= 0.3 is 6.18 Å². The highest BCUT2D eigenvalue weighted by atomic mass is 35.5. The van der Waals surface area contributed by atoms with E-state index in [1.807, 2.05) is 0 Å². The minimum absolute atomic E-state index is 0.0400. The van der Waals surface area contributed by atoms with Crippen molar-refractivity contribution in [2.24, 2.45) is 0 Å². The van der Waals surface area contributed by atoms with Crippen LogP contribution in [0, 0.1) is 0 Å². The van der Waals surface area contributed by atoms with Crippen LogP contribution in [0.2, 0.25) is 0 Å². The lowest BCUT2D eigenvalue weighted by Crippen LogP contribution is -2.41. The summed E-state index contributed by atoms with van der Waals surface area (Å²) < 4.78 is 45.6. The van der Waals surface area contributed by atoms with Gasteiger partial charge in [-0.1, -0.05) is 0 Å². The maximum Gasteiger partial charge on any atom is 0.433 e. The first-order valence-corrected chi connectivity index (χ1v) is 7.83. The van der Waals surface area contributed by atoms with Crippen LogP contribution in [0.3, 0.4) is 0 Å². The Morgan fingerprint density at radius 3 is 2.50 bits per heavy atom. The topological polar surface area (TPSA) is 64.4 Å². The van der Waals surface area contributed by atoms with Gasteiger partial charge in [0.05, 0.1) is 17.8 Å². The van der Waals surface area contributed by atoms with Crippen LogP contribution in [-0.2, 0) is 15.7 Å². The van der Waals surface area contributed by atoms with Gasteiger partial charge in [-0.15, -0.1) is 0 Å². The zero-order chi connectivity index (χ0) is 17.9. The van der Waals surface area contributed by atoms with Crippen molar-refractivity contribution in [1.82, 2.24) is 14.7 Å². The lowest BCUT2D eigenvalue weighted by molar-refractivity contribution is -0.146. The second-order valence-corrected chi connectivity index (χ2v) is 5.72. The van der Waals surface area contributed by atoms with E-state index in [4.69, 9.17) is 16.3 Å². The number of ether oxygens (including phenoxy) is 1. The number of carbonyl (C=O) groups excluding carboxylic acids is 2. The highest BCUT2D eigenvalue weighted by Gasteiger charge is 2.41. The Labute approximate surface area is 141 Å². The molecule has 10 heteroatoms. The number of nitrogens with zero attached hydrogens (tertiary/aromatic N) is 3. The quantitative estimate of drug-likeness (QED) is 0.750. The number of amides is 1. The molecule has 0 aliphatic carbocycles. The predicted molar refractivity (Wildman–Crippen MR) is 78.8 cm³/mol. The Balaban J connectivity index is 2.12. The Morgan fingerprint density at radius 1 is 1.38 bits per heavy atom. The van der Waals surface area contributed by atoms with E-state index in [2.05, 4.69) is 5.10 Å². The number of aromatic nitrogens is 2. The average molecular weight is 368 g/mol. The van der Waals surface area contributed by atoms with Crippen LogP contribution in [0.5, 0.6) is 0 Å². The van der Waals surface area contributed by atoms with E-state index < -0.39 is 28.7 Å². The molecule has 1 saturated heterocycles. The summed E-state index contributed by atoms with van der Waals surface area (Å²) in [5.74, 6) is -0.191. The largest absolute Gasteiger partial charge is 0.433 e. The molecule has 1 aliphatic rings. The summed E-state index contributed by atoms with van der Waals surface area (Å²) in [6.45, 7) is 2.75. The number of piperidine rings is 1. The molecule has 0 unspecified atom stereocenters. The number of hydrogen-bond acceptors (Lipinski definition) is 4. The van der Waals surface area contributed by atoms with Crippen molar-refractivity contribution in [3.8, 4) is 0 Å². The number of carbonyl (C=O) groups is 2. The number of likely N-dealkylation sites (tertiary alicyclic amines) is 1. The van der Waals surface area contributed by atoms with Gasteiger partial charge in [0.1, 0.15) is 6.61 Å². The molecule has 0 radical (unpaired) electrons. The second kappa shape index (κ2) is 7.52. The summed E-state index contributed by atoms with van der Waals surface area (Å²) in [7, 11) is 0. The molecule has 6 nitrogen and oxygen atoms in total. The fourth-order valence-corrected chi connectivity index (χ4v) is 2.84. The molecule has 1 aromatic heterocycles. The highest BCUT2D eigenvalue weighted by Crippen LogP contribution is 2.36.